The number of para-hydroxylation sites is 1. The summed E-state index contributed by atoms with van der Waals surface area (Å²) in [6, 6.07) is 6.09. The van der Waals surface area contributed by atoms with E-state index in [-0.39, 0.29) is 12.0 Å². The summed E-state index contributed by atoms with van der Waals surface area (Å²) in [4.78, 5) is 13.4. The van der Waals surface area contributed by atoms with Crippen LogP contribution < -0.4 is 4.90 Å². The second-order valence-corrected chi connectivity index (χ2v) is 3.93. The first kappa shape index (κ1) is 10.0. The van der Waals surface area contributed by atoms with Gasteiger partial charge in [-0.05, 0) is 25.0 Å². The molecule has 1 heterocycles. The van der Waals surface area contributed by atoms with E-state index in [0.717, 1.165) is 6.54 Å². The highest BCUT2D eigenvalue weighted by molar-refractivity contribution is 5.87. The van der Waals surface area contributed by atoms with Gasteiger partial charge in [0.15, 0.2) is 0 Å². The van der Waals surface area contributed by atoms with Gasteiger partial charge in [-0.2, -0.15) is 0 Å². The highest BCUT2D eigenvalue weighted by atomic mass is 16.5. The van der Waals surface area contributed by atoms with Crippen LogP contribution in [0.3, 0.4) is 0 Å². The molecule has 15 heavy (non-hydrogen) atoms. The molecule has 0 aromatic heterocycles. The molecule has 0 bridgehead atoms. The number of hydrogen-bond acceptors (Lipinski definition) is 3. The SMILES string of the molecule is COC(=O)C1CN1c1c(C)cccc1C. The molecule has 1 aliphatic heterocycles. The first-order valence-electron chi connectivity index (χ1n) is 5.06. The molecule has 0 amide bonds. The minimum Gasteiger partial charge on any atom is -0.467 e. The number of aryl methyl sites for hydroxylation is 2. The van der Waals surface area contributed by atoms with Crippen molar-refractivity contribution in [3.63, 3.8) is 0 Å². The smallest absolute Gasteiger partial charge is 0.330 e. The Morgan fingerprint density at radius 1 is 1.40 bits per heavy atom. The van der Waals surface area contributed by atoms with Crippen LogP contribution in [0.1, 0.15) is 11.1 Å². The zero-order chi connectivity index (χ0) is 11.0. The number of rotatable bonds is 2. The van der Waals surface area contributed by atoms with Gasteiger partial charge >= 0.3 is 5.97 Å². The van der Waals surface area contributed by atoms with E-state index in [2.05, 4.69) is 30.9 Å². The Labute approximate surface area is 89.7 Å². The van der Waals surface area contributed by atoms with Gasteiger partial charge in [-0.25, -0.2) is 4.79 Å². The standard InChI is InChI=1S/C12H15NO2/c1-8-5-4-6-9(2)11(8)13-7-10(13)12(14)15-3/h4-6,10H,7H2,1-3H3. The maximum Gasteiger partial charge on any atom is 0.330 e. The van der Waals surface area contributed by atoms with Crippen molar-refractivity contribution in [2.75, 3.05) is 18.6 Å². The summed E-state index contributed by atoms with van der Waals surface area (Å²) in [5.41, 5.74) is 3.59. The van der Waals surface area contributed by atoms with Crippen LogP contribution in [0.15, 0.2) is 18.2 Å². The molecule has 0 spiro atoms. The van der Waals surface area contributed by atoms with Crippen molar-refractivity contribution < 1.29 is 9.53 Å². The quantitative estimate of drug-likeness (QED) is 0.543. The van der Waals surface area contributed by atoms with Gasteiger partial charge in [0.05, 0.1) is 13.7 Å². The molecular weight excluding hydrogens is 190 g/mol. The molecule has 1 unspecified atom stereocenters. The molecule has 2 rings (SSSR count). The van der Waals surface area contributed by atoms with Crippen LogP contribution in [-0.4, -0.2) is 25.7 Å². The van der Waals surface area contributed by atoms with Gasteiger partial charge in [0.25, 0.3) is 0 Å². The summed E-state index contributed by atoms with van der Waals surface area (Å²) in [5, 5.41) is 0. The molecule has 1 aliphatic rings. The van der Waals surface area contributed by atoms with Crippen LogP contribution in [0.4, 0.5) is 5.69 Å². The largest absolute Gasteiger partial charge is 0.467 e. The topological polar surface area (TPSA) is 29.3 Å². The average Bonchev–Trinajstić information content (AvgIpc) is 2.96. The number of nitrogens with zero attached hydrogens (tertiary/aromatic N) is 1. The summed E-state index contributed by atoms with van der Waals surface area (Å²) in [6.45, 7) is 4.91. The normalized spacial score (nSPS) is 18.9. The van der Waals surface area contributed by atoms with Crippen LogP contribution in [-0.2, 0) is 9.53 Å². The van der Waals surface area contributed by atoms with Gasteiger partial charge < -0.3 is 9.64 Å². The van der Waals surface area contributed by atoms with E-state index in [1.165, 1.54) is 23.9 Å². The van der Waals surface area contributed by atoms with E-state index in [1.807, 2.05) is 6.07 Å². The molecule has 1 aromatic rings. The van der Waals surface area contributed by atoms with Crippen molar-refractivity contribution in [3.05, 3.63) is 29.3 Å². The fraction of sp³-hybridized carbons (Fsp3) is 0.417. The predicted octanol–water partition coefficient (Wildman–Crippen LogP) is 1.67. The van der Waals surface area contributed by atoms with E-state index in [9.17, 15) is 4.79 Å². The summed E-state index contributed by atoms with van der Waals surface area (Å²) in [6.07, 6.45) is 0. The number of anilines is 1. The lowest BCUT2D eigenvalue weighted by molar-refractivity contribution is -0.139. The Hall–Kier alpha value is -1.51. The van der Waals surface area contributed by atoms with Crippen molar-refractivity contribution in [1.82, 2.24) is 0 Å². The van der Waals surface area contributed by atoms with Gasteiger partial charge in [-0.1, -0.05) is 18.2 Å². The molecule has 3 heteroatoms. The third kappa shape index (κ3) is 1.69. The van der Waals surface area contributed by atoms with E-state index in [1.54, 1.807) is 0 Å². The van der Waals surface area contributed by atoms with E-state index < -0.39 is 0 Å². The number of esters is 1. The Kier molecular flexibility index (Phi) is 2.39. The number of ether oxygens (including phenoxy) is 1. The molecule has 1 atom stereocenters. The molecule has 3 nitrogen and oxygen atoms in total. The van der Waals surface area contributed by atoms with Gasteiger partial charge in [0, 0.05) is 5.69 Å². The van der Waals surface area contributed by atoms with E-state index in [0.29, 0.717) is 0 Å². The lowest BCUT2D eigenvalue weighted by Gasteiger charge is -2.11. The maximum absolute atomic E-state index is 11.3. The first-order valence-corrected chi connectivity index (χ1v) is 5.06. The van der Waals surface area contributed by atoms with Crippen LogP contribution in [0, 0.1) is 13.8 Å². The minimum absolute atomic E-state index is 0.0743. The number of methoxy groups -OCH3 is 1. The van der Waals surface area contributed by atoms with Gasteiger partial charge in [-0.3, -0.25) is 0 Å². The molecular formula is C12H15NO2. The fourth-order valence-electron chi connectivity index (χ4n) is 1.98. The number of carbonyl (C=O) groups is 1. The van der Waals surface area contributed by atoms with Gasteiger partial charge in [0.1, 0.15) is 6.04 Å². The number of carbonyl (C=O) groups excluding carboxylic acids is 1. The Balaban J connectivity index is 2.23. The van der Waals surface area contributed by atoms with Gasteiger partial charge in [-0.15, -0.1) is 0 Å². The van der Waals surface area contributed by atoms with Crippen molar-refractivity contribution >= 4 is 11.7 Å². The van der Waals surface area contributed by atoms with Crippen molar-refractivity contribution in [2.45, 2.75) is 19.9 Å². The van der Waals surface area contributed by atoms with Crippen LogP contribution in [0.25, 0.3) is 0 Å². The molecule has 1 fully saturated rings. The summed E-state index contributed by atoms with van der Waals surface area (Å²) in [5.74, 6) is -0.141. The predicted molar refractivity (Wildman–Crippen MR) is 59.1 cm³/mol. The lowest BCUT2D eigenvalue weighted by atomic mass is 10.1. The summed E-state index contributed by atoms with van der Waals surface area (Å²) < 4.78 is 4.73. The van der Waals surface area contributed by atoms with E-state index in [4.69, 9.17) is 4.74 Å². The van der Waals surface area contributed by atoms with Crippen molar-refractivity contribution in [2.24, 2.45) is 0 Å². The highest BCUT2D eigenvalue weighted by Gasteiger charge is 2.42. The Morgan fingerprint density at radius 2 is 2.00 bits per heavy atom. The second-order valence-electron chi connectivity index (χ2n) is 3.93. The third-order valence-electron chi connectivity index (χ3n) is 2.81. The molecule has 0 radical (unpaired) electrons. The molecule has 1 saturated heterocycles. The van der Waals surface area contributed by atoms with Crippen LogP contribution in [0.2, 0.25) is 0 Å². The highest BCUT2D eigenvalue weighted by Crippen LogP contribution is 2.34. The van der Waals surface area contributed by atoms with E-state index >= 15 is 0 Å². The summed E-state index contributed by atoms with van der Waals surface area (Å²) in [7, 11) is 1.43. The second kappa shape index (κ2) is 3.57. The molecule has 0 aliphatic carbocycles. The Bertz CT molecular complexity index is 380. The molecule has 0 saturated carbocycles. The lowest BCUT2D eigenvalue weighted by Crippen LogP contribution is -2.14. The molecule has 1 aromatic carbocycles. The minimum atomic E-state index is -0.141. The zero-order valence-electron chi connectivity index (χ0n) is 9.28. The number of hydrogen-bond donors (Lipinski definition) is 0. The van der Waals surface area contributed by atoms with Crippen molar-refractivity contribution in [1.29, 1.82) is 0 Å². The Morgan fingerprint density at radius 3 is 2.53 bits per heavy atom. The monoisotopic (exact) mass is 205 g/mol. The number of benzene rings is 1. The average molecular weight is 205 g/mol. The van der Waals surface area contributed by atoms with Crippen molar-refractivity contribution in [3.8, 4) is 0 Å². The summed E-state index contributed by atoms with van der Waals surface area (Å²) >= 11 is 0. The third-order valence-corrected chi connectivity index (χ3v) is 2.81. The van der Waals surface area contributed by atoms with Gasteiger partial charge in [0.2, 0.25) is 0 Å². The van der Waals surface area contributed by atoms with Crippen LogP contribution in [0.5, 0.6) is 0 Å². The molecule has 0 N–H and O–H groups in total. The first-order chi connectivity index (χ1) is 7.15. The van der Waals surface area contributed by atoms with Crippen LogP contribution >= 0.6 is 0 Å². The zero-order valence-corrected chi connectivity index (χ0v) is 9.28. The maximum atomic E-state index is 11.3. The fourth-order valence-corrected chi connectivity index (χ4v) is 1.98. The molecule has 80 valence electrons.